The highest BCUT2D eigenvalue weighted by molar-refractivity contribution is 4.53. The first-order valence-electron chi connectivity index (χ1n) is 3.29. The lowest BCUT2D eigenvalue weighted by molar-refractivity contribution is -0.798. The van der Waals surface area contributed by atoms with Crippen LogP contribution >= 0.6 is 0 Å². The summed E-state index contributed by atoms with van der Waals surface area (Å²) in [5.41, 5.74) is 0. The minimum absolute atomic E-state index is 0.355. The van der Waals surface area contributed by atoms with Crippen LogP contribution in [0.1, 0.15) is 6.92 Å². The molecule has 1 heterocycles. The van der Waals surface area contributed by atoms with Crippen LogP contribution in [-0.2, 0) is 0 Å². The topological polar surface area (TPSA) is 20.2 Å². The first-order valence-corrected chi connectivity index (χ1v) is 3.29. The fourth-order valence-electron chi connectivity index (χ4n) is 1.05. The van der Waals surface area contributed by atoms with Crippen molar-refractivity contribution < 1.29 is 9.59 Å². The Labute approximate surface area is 50.3 Å². The van der Waals surface area contributed by atoms with Crippen LogP contribution in [0.5, 0.6) is 0 Å². The SMILES string of the molecule is CC[N+]1(CCO)CC1. The number of quaternary nitrogens is 1. The third kappa shape index (κ3) is 1.01. The zero-order chi connectivity index (χ0) is 6.04. The van der Waals surface area contributed by atoms with Crippen molar-refractivity contribution in [3.63, 3.8) is 0 Å². The van der Waals surface area contributed by atoms with Gasteiger partial charge in [0.25, 0.3) is 0 Å². The summed E-state index contributed by atoms with van der Waals surface area (Å²) in [6.07, 6.45) is 0. The smallest absolute Gasteiger partial charge is 0.129 e. The van der Waals surface area contributed by atoms with Gasteiger partial charge in [-0.2, -0.15) is 0 Å². The molecule has 1 fully saturated rings. The molecule has 0 saturated carbocycles. The van der Waals surface area contributed by atoms with Gasteiger partial charge < -0.3 is 9.59 Å². The molecular formula is C6H14NO+. The lowest BCUT2D eigenvalue weighted by Crippen LogP contribution is -2.28. The van der Waals surface area contributed by atoms with Gasteiger partial charge in [0.05, 0.1) is 13.2 Å². The monoisotopic (exact) mass is 116 g/mol. The third-order valence-corrected chi connectivity index (χ3v) is 2.10. The Morgan fingerprint density at radius 2 is 2.12 bits per heavy atom. The number of likely N-dealkylation sites (N-methyl/N-ethyl adjacent to an activating group) is 1. The number of hydrogen-bond donors (Lipinski definition) is 1. The molecule has 8 heavy (non-hydrogen) atoms. The minimum atomic E-state index is 0.355. The largest absolute Gasteiger partial charge is 0.391 e. The summed E-state index contributed by atoms with van der Waals surface area (Å²) in [5, 5.41) is 8.56. The number of aliphatic hydroxyl groups is 1. The number of rotatable bonds is 3. The highest BCUT2D eigenvalue weighted by atomic mass is 16.3. The van der Waals surface area contributed by atoms with Crippen molar-refractivity contribution in [1.29, 1.82) is 0 Å². The molecule has 0 aromatic heterocycles. The number of aliphatic hydroxyl groups excluding tert-OH is 1. The van der Waals surface area contributed by atoms with E-state index in [1.807, 2.05) is 0 Å². The van der Waals surface area contributed by atoms with Crippen LogP contribution in [0.2, 0.25) is 0 Å². The predicted molar refractivity (Wildman–Crippen MR) is 32.5 cm³/mol. The molecule has 1 aliphatic heterocycles. The molecule has 1 aliphatic rings. The first kappa shape index (κ1) is 6.05. The maximum Gasteiger partial charge on any atom is 0.129 e. The molecule has 2 heteroatoms. The number of hydrogen-bond acceptors (Lipinski definition) is 1. The van der Waals surface area contributed by atoms with E-state index >= 15 is 0 Å². The molecule has 0 bridgehead atoms. The van der Waals surface area contributed by atoms with Crippen LogP contribution in [0.4, 0.5) is 0 Å². The molecule has 1 N–H and O–H groups in total. The Kier molecular flexibility index (Phi) is 1.54. The van der Waals surface area contributed by atoms with Crippen molar-refractivity contribution in [2.24, 2.45) is 0 Å². The van der Waals surface area contributed by atoms with Gasteiger partial charge in [-0.3, -0.25) is 0 Å². The van der Waals surface area contributed by atoms with E-state index in [-0.39, 0.29) is 0 Å². The van der Waals surface area contributed by atoms with E-state index in [0.29, 0.717) is 6.61 Å². The van der Waals surface area contributed by atoms with Crippen LogP contribution in [-0.4, -0.2) is 42.4 Å². The van der Waals surface area contributed by atoms with Crippen molar-refractivity contribution in [2.45, 2.75) is 6.92 Å². The molecular weight excluding hydrogens is 102 g/mol. The lowest BCUT2D eigenvalue weighted by atomic mass is 10.5. The van der Waals surface area contributed by atoms with Gasteiger partial charge in [0.15, 0.2) is 0 Å². The summed E-state index contributed by atoms with van der Waals surface area (Å²) in [7, 11) is 0. The Morgan fingerprint density at radius 1 is 1.50 bits per heavy atom. The van der Waals surface area contributed by atoms with Gasteiger partial charge in [0.2, 0.25) is 0 Å². The molecule has 0 amide bonds. The van der Waals surface area contributed by atoms with Gasteiger partial charge in [-0.25, -0.2) is 0 Å². The highest BCUT2D eigenvalue weighted by Crippen LogP contribution is 2.18. The second kappa shape index (κ2) is 2.03. The zero-order valence-electron chi connectivity index (χ0n) is 5.43. The van der Waals surface area contributed by atoms with Crippen molar-refractivity contribution in [3.8, 4) is 0 Å². The number of nitrogens with zero attached hydrogens (tertiary/aromatic N) is 1. The molecule has 0 unspecified atom stereocenters. The normalized spacial score (nSPS) is 23.2. The minimum Gasteiger partial charge on any atom is -0.391 e. The molecule has 1 saturated heterocycles. The van der Waals surface area contributed by atoms with Crippen molar-refractivity contribution in [2.75, 3.05) is 32.8 Å². The van der Waals surface area contributed by atoms with Gasteiger partial charge in [0, 0.05) is 0 Å². The van der Waals surface area contributed by atoms with Crippen LogP contribution in [0, 0.1) is 0 Å². The third-order valence-electron chi connectivity index (χ3n) is 2.10. The average molecular weight is 116 g/mol. The summed E-state index contributed by atoms with van der Waals surface area (Å²) >= 11 is 0. The maximum atomic E-state index is 8.56. The Bertz CT molecular complexity index is 78.6. The maximum absolute atomic E-state index is 8.56. The lowest BCUT2D eigenvalue weighted by Gasteiger charge is -2.12. The van der Waals surface area contributed by atoms with Crippen LogP contribution in [0.15, 0.2) is 0 Å². The molecule has 2 nitrogen and oxygen atoms in total. The van der Waals surface area contributed by atoms with Gasteiger partial charge >= 0.3 is 0 Å². The van der Waals surface area contributed by atoms with Gasteiger partial charge in [-0.05, 0) is 6.92 Å². The van der Waals surface area contributed by atoms with Crippen molar-refractivity contribution >= 4 is 0 Å². The Hall–Kier alpha value is -0.0800. The fraction of sp³-hybridized carbons (Fsp3) is 1.00. The van der Waals surface area contributed by atoms with Crippen LogP contribution < -0.4 is 0 Å². The molecule has 48 valence electrons. The van der Waals surface area contributed by atoms with Crippen molar-refractivity contribution in [1.82, 2.24) is 0 Å². The quantitative estimate of drug-likeness (QED) is 0.401. The summed E-state index contributed by atoms with van der Waals surface area (Å²) in [6, 6.07) is 0. The van der Waals surface area contributed by atoms with Gasteiger partial charge in [-0.1, -0.05) is 0 Å². The molecule has 0 spiro atoms. The standard InChI is InChI=1S/C6H14NO/c1-2-7(3-4-7)5-6-8/h8H,2-6H2,1H3/q+1. The summed E-state index contributed by atoms with van der Waals surface area (Å²) < 4.78 is 1.16. The summed E-state index contributed by atoms with van der Waals surface area (Å²) in [4.78, 5) is 0. The van der Waals surface area contributed by atoms with E-state index in [0.717, 1.165) is 11.0 Å². The molecule has 1 rings (SSSR count). The Balaban J connectivity index is 2.20. The van der Waals surface area contributed by atoms with E-state index in [4.69, 9.17) is 5.11 Å². The van der Waals surface area contributed by atoms with Gasteiger partial charge in [-0.15, -0.1) is 0 Å². The fourth-order valence-corrected chi connectivity index (χ4v) is 1.05. The second-order valence-corrected chi connectivity index (χ2v) is 2.55. The predicted octanol–water partition coefficient (Wildman–Crippen LogP) is -0.171. The highest BCUT2D eigenvalue weighted by Gasteiger charge is 2.38. The molecule has 0 aromatic rings. The van der Waals surface area contributed by atoms with E-state index in [2.05, 4.69) is 6.92 Å². The zero-order valence-corrected chi connectivity index (χ0v) is 5.43. The van der Waals surface area contributed by atoms with Crippen LogP contribution in [0.25, 0.3) is 0 Å². The van der Waals surface area contributed by atoms with E-state index in [1.165, 1.54) is 19.6 Å². The average Bonchev–Trinajstić information content (AvgIpc) is 2.50. The van der Waals surface area contributed by atoms with E-state index in [1.54, 1.807) is 0 Å². The Morgan fingerprint density at radius 3 is 2.25 bits per heavy atom. The molecule has 0 radical (unpaired) electrons. The van der Waals surface area contributed by atoms with Gasteiger partial charge in [0.1, 0.15) is 19.6 Å². The molecule has 0 aromatic carbocycles. The summed E-state index contributed by atoms with van der Waals surface area (Å²) in [6.45, 7) is 7.28. The molecule has 0 aliphatic carbocycles. The van der Waals surface area contributed by atoms with Crippen molar-refractivity contribution in [3.05, 3.63) is 0 Å². The first-order chi connectivity index (χ1) is 3.83. The van der Waals surface area contributed by atoms with E-state index < -0.39 is 0 Å². The summed E-state index contributed by atoms with van der Waals surface area (Å²) in [5.74, 6) is 0. The molecule has 0 atom stereocenters. The van der Waals surface area contributed by atoms with Crippen LogP contribution in [0.3, 0.4) is 0 Å². The van der Waals surface area contributed by atoms with E-state index in [9.17, 15) is 0 Å². The second-order valence-electron chi connectivity index (χ2n) is 2.55.